The SMILES string of the molecule is CCC1CCC(N(Cc2cc(-c3cnc(NC)nc3)ccc2OC)C(=O)c2sc3ccccc3c2Cl)CC1. The van der Waals surface area contributed by atoms with E-state index in [0.29, 0.717) is 22.4 Å². The summed E-state index contributed by atoms with van der Waals surface area (Å²) in [4.78, 5) is 25.6. The smallest absolute Gasteiger partial charge is 0.266 e. The van der Waals surface area contributed by atoms with E-state index in [2.05, 4.69) is 28.3 Å². The number of thiophene rings is 1. The number of methoxy groups -OCH3 is 1. The molecule has 1 aliphatic rings. The first kappa shape index (κ1) is 26.4. The minimum Gasteiger partial charge on any atom is -0.496 e. The minimum absolute atomic E-state index is 0.00897. The van der Waals surface area contributed by atoms with Crippen molar-refractivity contribution in [1.29, 1.82) is 0 Å². The molecule has 1 amide bonds. The number of halogens is 1. The zero-order chi connectivity index (χ0) is 26.6. The average Bonchev–Trinajstić information content (AvgIpc) is 3.32. The fraction of sp³-hybridized carbons (Fsp3) is 0.367. The number of benzene rings is 2. The molecule has 38 heavy (non-hydrogen) atoms. The van der Waals surface area contributed by atoms with Gasteiger partial charge < -0.3 is 15.0 Å². The largest absolute Gasteiger partial charge is 0.496 e. The van der Waals surface area contributed by atoms with Gasteiger partial charge in [-0.3, -0.25) is 4.79 Å². The zero-order valence-corrected chi connectivity index (χ0v) is 23.6. The maximum absolute atomic E-state index is 14.2. The molecule has 1 aliphatic carbocycles. The highest BCUT2D eigenvalue weighted by Crippen LogP contribution is 2.39. The first-order valence-electron chi connectivity index (χ1n) is 13.2. The molecule has 0 bridgehead atoms. The lowest BCUT2D eigenvalue weighted by Crippen LogP contribution is -2.41. The molecule has 5 rings (SSSR count). The highest BCUT2D eigenvalue weighted by molar-refractivity contribution is 7.21. The number of aromatic nitrogens is 2. The van der Waals surface area contributed by atoms with Gasteiger partial charge in [0.15, 0.2) is 0 Å². The van der Waals surface area contributed by atoms with E-state index < -0.39 is 0 Å². The van der Waals surface area contributed by atoms with Crippen molar-refractivity contribution in [3.05, 3.63) is 70.3 Å². The van der Waals surface area contributed by atoms with Crippen LogP contribution in [0.5, 0.6) is 5.75 Å². The van der Waals surface area contributed by atoms with E-state index in [0.717, 1.165) is 64.1 Å². The van der Waals surface area contributed by atoms with E-state index in [-0.39, 0.29) is 11.9 Å². The summed E-state index contributed by atoms with van der Waals surface area (Å²) in [6.07, 6.45) is 9.05. The van der Waals surface area contributed by atoms with Crippen molar-refractivity contribution in [2.45, 2.75) is 51.6 Å². The summed E-state index contributed by atoms with van der Waals surface area (Å²) in [5.41, 5.74) is 2.83. The molecule has 0 spiro atoms. The Morgan fingerprint density at radius 2 is 1.84 bits per heavy atom. The summed E-state index contributed by atoms with van der Waals surface area (Å²) in [6, 6.07) is 14.1. The van der Waals surface area contributed by atoms with Crippen LogP contribution in [0.25, 0.3) is 21.2 Å². The maximum Gasteiger partial charge on any atom is 0.266 e. The molecule has 0 radical (unpaired) electrons. The quantitative estimate of drug-likeness (QED) is 0.244. The van der Waals surface area contributed by atoms with Crippen molar-refractivity contribution in [2.75, 3.05) is 19.5 Å². The van der Waals surface area contributed by atoms with Gasteiger partial charge >= 0.3 is 0 Å². The molecule has 198 valence electrons. The van der Waals surface area contributed by atoms with E-state index in [1.54, 1.807) is 26.6 Å². The Morgan fingerprint density at radius 3 is 2.50 bits per heavy atom. The van der Waals surface area contributed by atoms with Crippen LogP contribution in [0.15, 0.2) is 54.9 Å². The zero-order valence-electron chi connectivity index (χ0n) is 22.0. The van der Waals surface area contributed by atoms with Crippen LogP contribution < -0.4 is 10.1 Å². The van der Waals surface area contributed by atoms with Gasteiger partial charge in [-0.25, -0.2) is 9.97 Å². The van der Waals surface area contributed by atoms with Crippen molar-refractivity contribution < 1.29 is 9.53 Å². The Bertz CT molecular complexity index is 1410. The van der Waals surface area contributed by atoms with Crippen molar-refractivity contribution >= 4 is 44.9 Å². The monoisotopic (exact) mass is 548 g/mol. The Balaban J connectivity index is 1.51. The second kappa shape index (κ2) is 11.7. The highest BCUT2D eigenvalue weighted by atomic mass is 35.5. The summed E-state index contributed by atoms with van der Waals surface area (Å²) >= 11 is 8.27. The van der Waals surface area contributed by atoms with Gasteiger partial charge in [0, 0.05) is 53.2 Å². The molecule has 4 aromatic rings. The van der Waals surface area contributed by atoms with Crippen LogP contribution in [0.3, 0.4) is 0 Å². The number of nitrogens with zero attached hydrogens (tertiary/aromatic N) is 3. The molecule has 0 atom stereocenters. The molecule has 1 N–H and O–H groups in total. The number of fused-ring (bicyclic) bond motifs is 1. The van der Waals surface area contributed by atoms with E-state index in [1.807, 2.05) is 41.3 Å². The second-order valence-electron chi connectivity index (χ2n) is 9.83. The molecule has 2 heterocycles. The van der Waals surface area contributed by atoms with Crippen LogP contribution in [0.4, 0.5) is 5.95 Å². The molecule has 1 saturated carbocycles. The lowest BCUT2D eigenvalue weighted by molar-refractivity contribution is 0.0591. The summed E-state index contributed by atoms with van der Waals surface area (Å²) < 4.78 is 6.78. The van der Waals surface area contributed by atoms with Crippen LogP contribution >= 0.6 is 22.9 Å². The van der Waals surface area contributed by atoms with Crippen LogP contribution in [-0.4, -0.2) is 41.0 Å². The van der Waals surface area contributed by atoms with Gasteiger partial charge in [0.05, 0.1) is 12.1 Å². The first-order chi connectivity index (χ1) is 18.5. The molecule has 0 saturated heterocycles. The number of hydrogen-bond donors (Lipinski definition) is 1. The fourth-order valence-electron chi connectivity index (χ4n) is 5.38. The number of rotatable bonds is 8. The minimum atomic E-state index is -0.00897. The van der Waals surface area contributed by atoms with Gasteiger partial charge in [0.2, 0.25) is 5.95 Å². The van der Waals surface area contributed by atoms with Gasteiger partial charge in [-0.15, -0.1) is 11.3 Å². The van der Waals surface area contributed by atoms with Gasteiger partial charge in [-0.2, -0.15) is 0 Å². The number of ether oxygens (including phenoxy) is 1. The van der Waals surface area contributed by atoms with Crippen LogP contribution in [-0.2, 0) is 6.54 Å². The third kappa shape index (κ3) is 5.36. The van der Waals surface area contributed by atoms with E-state index in [1.165, 1.54) is 17.8 Å². The van der Waals surface area contributed by atoms with Gasteiger partial charge in [-0.1, -0.05) is 49.2 Å². The third-order valence-corrected chi connectivity index (χ3v) is 9.32. The normalized spacial score (nSPS) is 17.4. The second-order valence-corrected chi connectivity index (χ2v) is 11.3. The third-order valence-electron chi connectivity index (χ3n) is 7.65. The number of carbonyl (C=O) groups excluding carboxylic acids is 1. The number of anilines is 1. The summed E-state index contributed by atoms with van der Waals surface area (Å²) in [7, 11) is 3.47. The van der Waals surface area contributed by atoms with Crippen molar-refractivity contribution in [3.8, 4) is 16.9 Å². The number of nitrogens with one attached hydrogen (secondary N) is 1. The Kier molecular flexibility index (Phi) is 8.15. The first-order valence-corrected chi connectivity index (χ1v) is 14.4. The molecule has 8 heteroatoms. The highest BCUT2D eigenvalue weighted by Gasteiger charge is 2.32. The Hall–Kier alpha value is -3.16. The fourth-order valence-corrected chi connectivity index (χ4v) is 6.85. The van der Waals surface area contributed by atoms with E-state index >= 15 is 0 Å². The summed E-state index contributed by atoms with van der Waals surface area (Å²) in [6.45, 7) is 2.70. The standard InChI is InChI=1S/C30H33ClN4O2S/c1-4-19-9-12-23(13-10-19)35(29(36)28-27(31)24-7-5-6-8-26(24)38-28)18-21-15-20(11-14-25(21)37-3)22-16-33-30(32-2)34-17-22/h5-8,11,14-17,19,23H,4,9-10,12-13,18H2,1-3H3,(H,32,33,34). The molecular weight excluding hydrogens is 516 g/mol. The molecule has 2 aromatic carbocycles. The van der Waals surface area contributed by atoms with E-state index in [4.69, 9.17) is 16.3 Å². The van der Waals surface area contributed by atoms with Crippen LogP contribution in [0.2, 0.25) is 5.02 Å². The van der Waals surface area contributed by atoms with Crippen LogP contribution in [0, 0.1) is 5.92 Å². The number of carbonyl (C=O) groups is 1. The van der Waals surface area contributed by atoms with Crippen LogP contribution in [0.1, 0.15) is 54.3 Å². The van der Waals surface area contributed by atoms with Gasteiger partial charge in [0.1, 0.15) is 10.6 Å². The molecule has 0 aliphatic heterocycles. The Labute approximate surface area is 233 Å². The van der Waals surface area contributed by atoms with E-state index in [9.17, 15) is 4.79 Å². The predicted octanol–water partition coefficient (Wildman–Crippen LogP) is 7.67. The number of hydrogen-bond acceptors (Lipinski definition) is 6. The molecule has 1 fully saturated rings. The number of amides is 1. The summed E-state index contributed by atoms with van der Waals surface area (Å²) in [5, 5.41) is 4.43. The molecule has 6 nitrogen and oxygen atoms in total. The molecule has 2 aromatic heterocycles. The van der Waals surface area contributed by atoms with Crippen molar-refractivity contribution in [2.24, 2.45) is 5.92 Å². The van der Waals surface area contributed by atoms with Gasteiger partial charge in [-0.05, 0) is 55.4 Å². The average molecular weight is 549 g/mol. The molecule has 0 unspecified atom stereocenters. The topological polar surface area (TPSA) is 67.3 Å². The predicted molar refractivity (Wildman–Crippen MR) is 156 cm³/mol. The lowest BCUT2D eigenvalue weighted by Gasteiger charge is -2.37. The Morgan fingerprint density at radius 1 is 1.11 bits per heavy atom. The lowest BCUT2D eigenvalue weighted by atomic mass is 9.83. The summed E-state index contributed by atoms with van der Waals surface area (Å²) in [5.74, 6) is 2.05. The van der Waals surface area contributed by atoms with Gasteiger partial charge in [0.25, 0.3) is 5.91 Å². The maximum atomic E-state index is 14.2. The van der Waals surface area contributed by atoms with Crippen molar-refractivity contribution in [3.63, 3.8) is 0 Å². The van der Waals surface area contributed by atoms with Crippen molar-refractivity contribution in [1.82, 2.24) is 14.9 Å². The molecular formula is C30H33ClN4O2S.